The molecule has 0 aliphatic heterocycles. The highest BCUT2D eigenvalue weighted by Gasteiger charge is 2.20. The smallest absolute Gasteiger partial charge is 0.293 e. The Morgan fingerprint density at radius 3 is 2.55 bits per heavy atom. The molecule has 2 aromatic carbocycles. The molecular formula is C23H22N4O2. The van der Waals surface area contributed by atoms with Gasteiger partial charge in [0.1, 0.15) is 0 Å². The van der Waals surface area contributed by atoms with Gasteiger partial charge in [0.05, 0.1) is 29.0 Å². The Labute approximate surface area is 169 Å². The van der Waals surface area contributed by atoms with Gasteiger partial charge in [0.25, 0.3) is 5.91 Å². The first-order chi connectivity index (χ1) is 13.9. The SMILES string of the molecule is Cc1ccc(C)c(-n2ncc(NC(=O)c3oc(-c4ccccc4)nc3C)c2C)c1. The molecule has 0 saturated carbocycles. The fourth-order valence-corrected chi connectivity index (χ4v) is 3.21. The van der Waals surface area contributed by atoms with Gasteiger partial charge >= 0.3 is 0 Å². The molecule has 146 valence electrons. The van der Waals surface area contributed by atoms with Crippen LogP contribution in [-0.4, -0.2) is 20.7 Å². The highest BCUT2D eigenvalue weighted by atomic mass is 16.4. The Bertz CT molecular complexity index is 1190. The average molecular weight is 386 g/mol. The van der Waals surface area contributed by atoms with Crippen molar-refractivity contribution in [3.05, 3.63) is 83.0 Å². The molecule has 0 bridgehead atoms. The lowest BCUT2D eigenvalue weighted by molar-refractivity contribution is 0.0996. The van der Waals surface area contributed by atoms with Crippen LogP contribution in [0.4, 0.5) is 5.69 Å². The third-order valence-corrected chi connectivity index (χ3v) is 4.87. The van der Waals surface area contributed by atoms with E-state index in [1.807, 2.05) is 55.8 Å². The zero-order valence-electron chi connectivity index (χ0n) is 16.9. The minimum atomic E-state index is -0.346. The standard InChI is InChI=1S/C23H22N4O2/c1-14-10-11-15(2)20(12-14)27-17(4)19(13-24-27)26-22(28)21-16(3)25-23(29-21)18-8-6-5-7-9-18/h5-13H,1-4H3,(H,26,28). The van der Waals surface area contributed by atoms with Crippen molar-refractivity contribution >= 4 is 11.6 Å². The highest BCUT2D eigenvalue weighted by molar-refractivity contribution is 6.03. The average Bonchev–Trinajstić information content (AvgIpc) is 3.28. The summed E-state index contributed by atoms with van der Waals surface area (Å²) in [5.41, 5.74) is 6.09. The summed E-state index contributed by atoms with van der Waals surface area (Å²) in [6.45, 7) is 7.77. The summed E-state index contributed by atoms with van der Waals surface area (Å²) in [5.74, 6) is 0.277. The van der Waals surface area contributed by atoms with E-state index < -0.39 is 0 Å². The molecule has 1 N–H and O–H groups in total. The van der Waals surface area contributed by atoms with E-state index in [0.717, 1.165) is 28.1 Å². The van der Waals surface area contributed by atoms with Gasteiger partial charge in [0.15, 0.2) is 0 Å². The second kappa shape index (κ2) is 7.39. The first-order valence-electron chi connectivity index (χ1n) is 9.40. The zero-order chi connectivity index (χ0) is 20.5. The van der Waals surface area contributed by atoms with Crippen molar-refractivity contribution in [3.8, 4) is 17.1 Å². The second-order valence-corrected chi connectivity index (χ2v) is 7.10. The first kappa shape index (κ1) is 18.7. The van der Waals surface area contributed by atoms with Gasteiger partial charge in [-0.2, -0.15) is 5.10 Å². The number of nitrogens with zero attached hydrogens (tertiary/aromatic N) is 3. The minimum absolute atomic E-state index is 0.197. The highest BCUT2D eigenvalue weighted by Crippen LogP contribution is 2.25. The van der Waals surface area contributed by atoms with Gasteiger partial charge in [-0.25, -0.2) is 9.67 Å². The predicted octanol–water partition coefficient (Wildman–Crippen LogP) is 5.01. The summed E-state index contributed by atoms with van der Waals surface area (Å²) in [6.07, 6.45) is 1.65. The predicted molar refractivity (Wildman–Crippen MR) is 112 cm³/mol. The van der Waals surface area contributed by atoms with Crippen LogP contribution in [0.5, 0.6) is 0 Å². The van der Waals surface area contributed by atoms with Crippen molar-refractivity contribution in [2.45, 2.75) is 27.7 Å². The van der Waals surface area contributed by atoms with Gasteiger partial charge in [-0.15, -0.1) is 0 Å². The van der Waals surface area contributed by atoms with E-state index in [2.05, 4.69) is 33.6 Å². The maximum absolute atomic E-state index is 12.8. The van der Waals surface area contributed by atoms with Gasteiger partial charge in [0.2, 0.25) is 11.7 Å². The molecule has 0 spiro atoms. The molecule has 29 heavy (non-hydrogen) atoms. The van der Waals surface area contributed by atoms with E-state index in [1.165, 1.54) is 0 Å². The van der Waals surface area contributed by atoms with Gasteiger partial charge < -0.3 is 9.73 Å². The lowest BCUT2D eigenvalue weighted by Crippen LogP contribution is -2.13. The third kappa shape index (κ3) is 3.57. The summed E-state index contributed by atoms with van der Waals surface area (Å²) in [7, 11) is 0. The van der Waals surface area contributed by atoms with Crippen LogP contribution < -0.4 is 5.32 Å². The van der Waals surface area contributed by atoms with Crippen molar-refractivity contribution in [1.82, 2.24) is 14.8 Å². The molecule has 2 aromatic heterocycles. The molecule has 6 nitrogen and oxygen atoms in total. The van der Waals surface area contributed by atoms with Crippen molar-refractivity contribution in [1.29, 1.82) is 0 Å². The zero-order valence-corrected chi connectivity index (χ0v) is 16.9. The Hall–Kier alpha value is -3.67. The Kier molecular flexibility index (Phi) is 4.76. The number of oxazole rings is 1. The number of aromatic nitrogens is 3. The molecule has 4 aromatic rings. The number of carbonyl (C=O) groups excluding carboxylic acids is 1. The third-order valence-electron chi connectivity index (χ3n) is 4.87. The molecule has 0 unspecified atom stereocenters. The molecule has 0 fully saturated rings. The quantitative estimate of drug-likeness (QED) is 0.535. The van der Waals surface area contributed by atoms with Gasteiger partial charge in [-0.1, -0.05) is 30.3 Å². The molecule has 6 heteroatoms. The molecule has 2 heterocycles. The van der Waals surface area contributed by atoms with E-state index in [1.54, 1.807) is 13.1 Å². The van der Waals surface area contributed by atoms with Gasteiger partial charge in [-0.3, -0.25) is 4.79 Å². The molecule has 1 amide bonds. The summed E-state index contributed by atoms with van der Waals surface area (Å²) in [6, 6.07) is 15.7. The summed E-state index contributed by atoms with van der Waals surface area (Å²) >= 11 is 0. The lowest BCUT2D eigenvalue weighted by atomic mass is 10.1. The van der Waals surface area contributed by atoms with Crippen LogP contribution in [0.1, 0.15) is 33.1 Å². The van der Waals surface area contributed by atoms with Crippen LogP contribution in [0.15, 0.2) is 59.1 Å². The second-order valence-electron chi connectivity index (χ2n) is 7.10. The van der Waals surface area contributed by atoms with Crippen LogP contribution in [0.3, 0.4) is 0 Å². The Balaban J connectivity index is 1.61. The molecule has 0 aliphatic rings. The van der Waals surface area contributed by atoms with Crippen LogP contribution in [0, 0.1) is 27.7 Å². The van der Waals surface area contributed by atoms with Crippen molar-refractivity contribution in [2.24, 2.45) is 0 Å². The lowest BCUT2D eigenvalue weighted by Gasteiger charge is -2.10. The largest absolute Gasteiger partial charge is 0.431 e. The number of anilines is 1. The molecule has 0 saturated heterocycles. The Morgan fingerprint density at radius 1 is 1.03 bits per heavy atom. The van der Waals surface area contributed by atoms with E-state index in [4.69, 9.17) is 4.42 Å². The number of aryl methyl sites for hydroxylation is 3. The number of carbonyl (C=O) groups is 1. The minimum Gasteiger partial charge on any atom is -0.431 e. The van der Waals surface area contributed by atoms with Crippen LogP contribution in [0.25, 0.3) is 17.1 Å². The summed E-state index contributed by atoms with van der Waals surface area (Å²) in [5, 5.41) is 7.37. The van der Waals surface area contributed by atoms with E-state index in [-0.39, 0.29) is 11.7 Å². The van der Waals surface area contributed by atoms with Gasteiger partial charge in [-0.05, 0) is 57.0 Å². The number of rotatable bonds is 4. The summed E-state index contributed by atoms with van der Waals surface area (Å²) < 4.78 is 7.58. The molecule has 0 atom stereocenters. The number of nitrogens with one attached hydrogen (secondary N) is 1. The Morgan fingerprint density at radius 2 is 1.79 bits per heavy atom. The molecule has 0 radical (unpaired) electrons. The normalized spacial score (nSPS) is 10.9. The van der Waals surface area contributed by atoms with E-state index in [0.29, 0.717) is 17.3 Å². The fourth-order valence-electron chi connectivity index (χ4n) is 3.21. The first-order valence-corrected chi connectivity index (χ1v) is 9.40. The maximum Gasteiger partial charge on any atom is 0.293 e. The topological polar surface area (TPSA) is 73.0 Å². The van der Waals surface area contributed by atoms with Crippen molar-refractivity contribution in [3.63, 3.8) is 0 Å². The van der Waals surface area contributed by atoms with Crippen LogP contribution in [-0.2, 0) is 0 Å². The number of benzene rings is 2. The number of hydrogen-bond donors (Lipinski definition) is 1. The number of amides is 1. The summed E-state index contributed by atoms with van der Waals surface area (Å²) in [4.78, 5) is 17.2. The monoisotopic (exact) mass is 386 g/mol. The van der Waals surface area contributed by atoms with E-state index in [9.17, 15) is 4.79 Å². The number of hydrogen-bond acceptors (Lipinski definition) is 4. The van der Waals surface area contributed by atoms with Crippen LogP contribution >= 0.6 is 0 Å². The van der Waals surface area contributed by atoms with Gasteiger partial charge in [0, 0.05) is 5.56 Å². The van der Waals surface area contributed by atoms with Crippen LogP contribution in [0.2, 0.25) is 0 Å². The van der Waals surface area contributed by atoms with Crippen molar-refractivity contribution < 1.29 is 9.21 Å². The molecule has 4 rings (SSSR count). The fraction of sp³-hybridized carbons (Fsp3) is 0.174. The molecular weight excluding hydrogens is 364 g/mol. The van der Waals surface area contributed by atoms with Crippen molar-refractivity contribution in [2.75, 3.05) is 5.32 Å². The molecule has 0 aliphatic carbocycles. The van der Waals surface area contributed by atoms with E-state index >= 15 is 0 Å². The maximum atomic E-state index is 12.8.